The third kappa shape index (κ3) is 3.85. The van der Waals surface area contributed by atoms with Crippen LogP contribution in [0.15, 0.2) is 21.9 Å². The number of aromatic nitrogens is 2. The van der Waals surface area contributed by atoms with Gasteiger partial charge in [-0.15, -0.1) is 11.8 Å². The Balaban J connectivity index is 2.13. The number of nitrogens with one attached hydrogen (secondary N) is 1. The van der Waals surface area contributed by atoms with Crippen LogP contribution in [0, 0.1) is 0 Å². The van der Waals surface area contributed by atoms with Gasteiger partial charge in [-0.25, -0.2) is 4.79 Å². The molecule has 7 nitrogen and oxygen atoms in total. The van der Waals surface area contributed by atoms with Gasteiger partial charge in [0.1, 0.15) is 11.5 Å². The molecule has 2 unspecified atom stereocenters. The van der Waals surface area contributed by atoms with Crippen LogP contribution in [0.3, 0.4) is 0 Å². The number of thioether (sulfide) groups is 1. The Hall–Kier alpha value is -0.873. The van der Waals surface area contributed by atoms with E-state index in [-0.39, 0.29) is 10.3 Å². The summed E-state index contributed by atoms with van der Waals surface area (Å²) in [5.74, 6) is 0. The lowest BCUT2D eigenvalue weighted by atomic mass is 10.1. The van der Waals surface area contributed by atoms with Crippen molar-refractivity contribution in [1.29, 1.82) is 0 Å². The highest BCUT2D eigenvalue weighted by molar-refractivity contribution is 8.00. The average Bonchev–Trinajstić information content (AvgIpc) is 2.72. The molecule has 0 aromatic carbocycles. The summed E-state index contributed by atoms with van der Waals surface area (Å²) in [5.41, 5.74) is -1.09. The molecule has 3 N–H and O–H groups in total. The number of aliphatic hydroxyl groups is 2. The Morgan fingerprint density at radius 2 is 1.92 bits per heavy atom. The Morgan fingerprint density at radius 3 is 2.46 bits per heavy atom. The molecule has 0 amide bonds. The van der Waals surface area contributed by atoms with Crippen molar-refractivity contribution in [1.82, 2.24) is 9.55 Å². The van der Waals surface area contributed by atoms with Crippen LogP contribution in [-0.2, 0) is 4.43 Å². The molecule has 0 radical (unpaired) electrons. The third-order valence-electron chi connectivity index (χ3n) is 4.88. The van der Waals surface area contributed by atoms with E-state index in [9.17, 15) is 19.8 Å². The van der Waals surface area contributed by atoms with E-state index in [0.717, 1.165) is 0 Å². The number of aliphatic hydroxyl groups excluding tert-OH is 2. The normalized spacial score (nSPS) is 28.3. The van der Waals surface area contributed by atoms with Gasteiger partial charge in [0.05, 0.1) is 11.4 Å². The highest BCUT2D eigenvalue weighted by Gasteiger charge is 2.45. The fraction of sp³-hybridized carbons (Fsp3) is 0.733. The van der Waals surface area contributed by atoms with E-state index in [2.05, 4.69) is 38.8 Å². The molecule has 1 aliphatic rings. The second-order valence-corrected chi connectivity index (χ2v) is 13.8. The second kappa shape index (κ2) is 6.79. The molecule has 1 fully saturated rings. The highest BCUT2D eigenvalue weighted by Crippen LogP contribution is 2.43. The summed E-state index contributed by atoms with van der Waals surface area (Å²) in [6.45, 7) is 11.0. The van der Waals surface area contributed by atoms with Gasteiger partial charge in [-0.05, 0) is 18.1 Å². The zero-order valence-corrected chi connectivity index (χ0v) is 16.5. The van der Waals surface area contributed by atoms with Crippen LogP contribution < -0.4 is 11.2 Å². The van der Waals surface area contributed by atoms with Crippen LogP contribution in [0.25, 0.3) is 0 Å². The highest BCUT2D eigenvalue weighted by atomic mass is 32.2. The molecular formula is C15H26N2O5SSi. The van der Waals surface area contributed by atoms with Gasteiger partial charge < -0.3 is 14.6 Å². The third-order valence-corrected chi connectivity index (χ3v) is 10.9. The Bertz CT molecular complexity index is 696. The lowest BCUT2D eigenvalue weighted by Crippen LogP contribution is -2.44. The summed E-state index contributed by atoms with van der Waals surface area (Å²) in [6, 6.07) is 1.22. The van der Waals surface area contributed by atoms with Gasteiger partial charge in [0.15, 0.2) is 8.32 Å². The van der Waals surface area contributed by atoms with Gasteiger partial charge in [0.25, 0.3) is 5.56 Å². The number of aromatic amines is 1. The van der Waals surface area contributed by atoms with Crippen LogP contribution in [0.4, 0.5) is 0 Å². The van der Waals surface area contributed by atoms with Crippen LogP contribution in [0.5, 0.6) is 0 Å². The minimum atomic E-state index is -1.97. The van der Waals surface area contributed by atoms with Crippen molar-refractivity contribution < 1.29 is 14.6 Å². The fourth-order valence-corrected chi connectivity index (χ4v) is 4.83. The standard InChI is InChI=1S/C15H26N2O5SSi/c1-15(2,3)24(4,5)22-8-9-11(19)12(20)13(23-9)17-7-6-10(18)16-14(17)21/h6-7,9,11-13,19-20H,8H2,1-5H3,(H,16,18,21)/t9-,11?,12?,13-/m1/s1. The number of hydrogen-bond acceptors (Lipinski definition) is 6. The average molecular weight is 375 g/mol. The summed E-state index contributed by atoms with van der Waals surface area (Å²) < 4.78 is 7.37. The molecule has 0 spiro atoms. The second-order valence-electron chi connectivity index (χ2n) is 7.64. The zero-order chi connectivity index (χ0) is 18.3. The topological polar surface area (TPSA) is 105 Å². The molecule has 9 heteroatoms. The quantitative estimate of drug-likeness (QED) is 0.676. The number of hydrogen-bond donors (Lipinski definition) is 3. The minimum Gasteiger partial charge on any atom is -0.416 e. The van der Waals surface area contributed by atoms with E-state index in [1.54, 1.807) is 0 Å². The lowest BCUT2D eigenvalue weighted by Gasteiger charge is -2.37. The molecule has 24 heavy (non-hydrogen) atoms. The first-order chi connectivity index (χ1) is 10.9. The molecule has 0 saturated carbocycles. The van der Waals surface area contributed by atoms with Crippen molar-refractivity contribution in [3.05, 3.63) is 33.1 Å². The maximum atomic E-state index is 11.9. The number of rotatable bonds is 4. The SMILES string of the molecule is CC(C)(C)[Si](C)(C)OC[C@H]1S[C@@H](n2ccc(=O)[nH]c2=O)C(O)C1O. The Morgan fingerprint density at radius 1 is 1.29 bits per heavy atom. The molecule has 1 aliphatic heterocycles. The van der Waals surface area contributed by atoms with Crippen LogP contribution in [-0.4, -0.2) is 52.1 Å². The molecule has 2 rings (SSSR count). The van der Waals surface area contributed by atoms with Gasteiger partial charge in [0, 0.05) is 18.9 Å². The molecule has 1 aromatic heterocycles. The summed E-state index contributed by atoms with van der Waals surface area (Å²) in [5, 5.41) is 19.7. The van der Waals surface area contributed by atoms with Crippen molar-refractivity contribution in [2.24, 2.45) is 0 Å². The first kappa shape index (κ1) is 19.5. The number of H-pyrrole nitrogens is 1. The summed E-state index contributed by atoms with van der Waals surface area (Å²) >= 11 is 1.29. The predicted molar refractivity (Wildman–Crippen MR) is 96.9 cm³/mol. The molecule has 0 bridgehead atoms. The van der Waals surface area contributed by atoms with E-state index >= 15 is 0 Å². The smallest absolute Gasteiger partial charge is 0.329 e. The van der Waals surface area contributed by atoms with Crippen molar-refractivity contribution in [2.75, 3.05) is 6.61 Å². The molecule has 0 aliphatic carbocycles. The van der Waals surface area contributed by atoms with E-state index in [0.29, 0.717) is 6.61 Å². The van der Waals surface area contributed by atoms with Gasteiger partial charge in [-0.2, -0.15) is 0 Å². The van der Waals surface area contributed by atoms with Crippen LogP contribution >= 0.6 is 11.8 Å². The molecule has 2 heterocycles. The monoisotopic (exact) mass is 374 g/mol. The summed E-state index contributed by atoms with van der Waals surface area (Å²) in [4.78, 5) is 25.2. The molecule has 136 valence electrons. The van der Waals surface area contributed by atoms with Crippen molar-refractivity contribution >= 4 is 20.1 Å². The first-order valence-electron chi connectivity index (χ1n) is 7.91. The van der Waals surface area contributed by atoms with Gasteiger partial charge in [0.2, 0.25) is 0 Å². The van der Waals surface area contributed by atoms with Crippen molar-refractivity contribution in [3.8, 4) is 0 Å². The van der Waals surface area contributed by atoms with Crippen molar-refractivity contribution in [3.63, 3.8) is 0 Å². The Labute approximate surface area is 146 Å². The molecule has 1 aromatic rings. The largest absolute Gasteiger partial charge is 0.416 e. The van der Waals surface area contributed by atoms with Crippen molar-refractivity contribution in [2.45, 2.75) is 61.7 Å². The minimum absolute atomic E-state index is 0.0507. The first-order valence-corrected chi connectivity index (χ1v) is 11.8. The van der Waals surface area contributed by atoms with Gasteiger partial charge >= 0.3 is 5.69 Å². The number of nitrogens with zero attached hydrogens (tertiary/aromatic N) is 1. The molecule has 1 saturated heterocycles. The van der Waals surface area contributed by atoms with E-state index in [1.807, 2.05) is 0 Å². The van der Waals surface area contributed by atoms with E-state index in [4.69, 9.17) is 4.43 Å². The summed E-state index contributed by atoms with van der Waals surface area (Å²) in [7, 11) is -1.97. The molecule has 4 atom stereocenters. The van der Waals surface area contributed by atoms with E-state index in [1.165, 1.54) is 28.6 Å². The predicted octanol–water partition coefficient (Wildman–Crippen LogP) is 0.894. The lowest BCUT2D eigenvalue weighted by molar-refractivity contribution is 0.0108. The summed E-state index contributed by atoms with van der Waals surface area (Å²) in [6.07, 6.45) is -0.763. The maximum Gasteiger partial charge on any atom is 0.329 e. The fourth-order valence-electron chi connectivity index (χ4n) is 2.23. The Kier molecular flexibility index (Phi) is 5.51. The van der Waals surface area contributed by atoms with Gasteiger partial charge in [-0.1, -0.05) is 20.8 Å². The van der Waals surface area contributed by atoms with Crippen LogP contribution in [0.2, 0.25) is 18.1 Å². The maximum absolute atomic E-state index is 11.9. The van der Waals surface area contributed by atoms with Crippen LogP contribution in [0.1, 0.15) is 26.1 Å². The molecular weight excluding hydrogens is 348 g/mol. The van der Waals surface area contributed by atoms with E-state index < -0.39 is 37.1 Å². The van der Waals surface area contributed by atoms with Gasteiger partial charge in [-0.3, -0.25) is 14.3 Å². The zero-order valence-electron chi connectivity index (χ0n) is 14.6.